The Hall–Kier alpha value is -1.72. The van der Waals surface area contributed by atoms with E-state index >= 15 is 0 Å². The number of thiazole rings is 1. The highest BCUT2D eigenvalue weighted by Gasteiger charge is 2.09. The molecule has 0 amide bonds. The summed E-state index contributed by atoms with van der Waals surface area (Å²) in [6, 6.07) is 14.2. The zero-order valence-corrected chi connectivity index (χ0v) is 13.9. The van der Waals surface area contributed by atoms with Crippen LogP contribution in [0, 0.1) is 6.92 Å². The van der Waals surface area contributed by atoms with E-state index in [2.05, 4.69) is 50.3 Å². The maximum Gasteiger partial charge on any atom is 0.126 e. The predicted molar refractivity (Wildman–Crippen MR) is 91.6 cm³/mol. The Balaban J connectivity index is 1.74. The molecule has 3 aromatic rings. The Morgan fingerprint density at radius 3 is 2.67 bits per heavy atom. The normalized spacial score (nSPS) is 10.6. The molecule has 0 unspecified atom stereocenters. The number of rotatable bonds is 4. The lowest BCUT2D eigenvalue weighted by atomic mass is 10.2. The first-order chi connectivity index (χ1) is 10.2. The van der Waals surface area contributed by atoms with Crippen LogP contribution in [0.4, 0.5) is 5.82 Å². The van der Waals surface area contributed by atoms with Crippen molar-refractivity contribution in [2.75, 3.05) is 5.32 Å². The molecule has 2 heterocycles. The van der Waals surface area contributed by atoms with Crippen molar-refractivity contribution < 1.29 is 0 Å². The number of hydrogen-bond acceptors (Lipinski definition) is 4. The fourth-order valence-electron chi connectivity index (χ4n) is 1.95. The summed E-state index contributed by atoms with van der Waals surface area (Å²) in [5.41, 5.74) is 2.24. The van der Waals surface area contributed by atoms with Crippen LogP contribution in [-0.2, 0) is 6.54 Å². The van der Waals surface area contributed by atoms with Gasteiger partial charge in [-0.05, 0) is 35.0 Å². The Morgan fingerprint density at radius 2 is 1.95 bits per heavy atom. The van der Waals surface area contributed by atoms with Crippen LogP contribution < -0.4 is 5.32 Å². The molecule has 0 spiro atoms. The highest BCUT2D eigenvalue weighted by atomic mass is 79.9. The molecular formula is C16H14BrN3S. The molecule has 0 saturated heterocycles. The highest BCUT2D eigenvalue weighted by Crippen LogP contribution is 2.28. The second kappa shape index (κ2) is 6.37. The topological polar surface area (TPSA) is 37.8 Å². The van der Waals surface area contributed by atoms with Crippen molar-refractivity contribution in [2.24, 2.45) is 0 Å². The number of nitrogens with zero attached hydrogens (tertiary/aromatic N) is 2. The summed E-state index contributed by atoms with van der Waals surface area (Å²) >= 11 is 5.11. The van der Waals surface area contributed by atoms with Gasteiger partial charge < -0.3 is 5.32 Å². The second-order valence-electron chi connectivity index (χ2n) is 4.61. The summed E-state index contributed by atoms with van der Waals surface area (Å²) in [6.45, 7) is 2.79. The van der Waals surface area contributed by atoms with Gasteiger partial charge in [0.05, 0.1) is 12.2 Å². The maximum atomic E-state index is 4.66. The largest absolute Gasteiger partial charge is 0.365 e. The van der Waals surface area contributed by atoms with Gasteiger partial charge in [-0.1, -0.05) is 30.3 Å². The molecule has 0 radical (unpaired) electrons. The molecule has 0 aliphatic heterocycles. The molecule has 0 aliphatic carbocycles. The Kier molecular flexibility index (Phi) is 4.31. The smallest absolute Gasteiger partial charge is 0.126 e. The number of hydrogen-bond donors (Lipinski definition) is 1. The van der Waals surface area contributed by atoms with Gasteiger partial charge in [0, 0.05) is 21.1 Å². The summed E-state index contributed by atoms with van der Waals surface area (Å²) < 4.78 is 0.980. The average molecular weight is 360 g/mol. The third kappa shape index (κ3) is 3.49. The van der Waals surface area contributed by atoms with Crippen molar-refractivity contribution in [1.82, 2.24) is 9.97 Å². The van der Waals surface area contributed by atoms with Crippen molar-refractivity contribution in [3.05, 3.63) is 63.7 Å². The minimum atomic E-state index is 0.741. The van der Waals surface area contributed by atoms with Crippen LogP contribution >= 0.6 is 27.3 Å². The molecule has 1 aromatic carbocycles. The van der Waals surface area contributed by atoms with E-state index in [0.29, 0.717) is 0 Å². The van der Waals surface area contributed by atoms with E-state index in [1.54, 1.807) is 17.5 Å². The van der Waals surface area contributed by atoms with Crippen LogP contribution in [0.5, 0.6) is 0 Å². The molecule has 0 fully saturated rings. The molecule has 0 atom stereocenters. The molecular weight excluding hydrogens is 346 g/mol. The fraction of sp³-hybridized carbons (Fsp3) is 0.125. The SMILES string of the molecule is Cc1nc(-c2ccccc2)sc1CNc1ccc(Br)cn1. The number of pyridine rings is 1. The quantitative estimate of drug-likeness (QED) is 0.720. The monoisotopic (exact) mass is 359 g/mol. The summed E-state index contributed by atoms with van der Waals surface area (Å²) in [6.07, 6.45) is 1.79. The predicted octanol–water partition coefficient (Wildman–Crippen LogP) is 4.89. The van der Waals surface area contributed by atoms with E-state index in [4.69, 9.17) is 0 Å². The van der Waals surface area contributed by atoms with Gasteiger partial charge in [-0.15, -0.1) is 11.3 Å². The van der Waals surface area contributed by atoms with Crippen LogP contribution in [0.15, 0.2) is 53.1 Å². The van der Waals surface area contributed by atoms with Crippen LogP contribution in [0.2, 0.25) is 0 Å². The van der Waals surface area contributed by atoms with E-state index < -0.39 is 0 Å². The molecule has 5 heteroatoms. The number of nitrogens with one attached hydrogen (secondary N) is 1. The van der Waals surface area contributed by atoms with Crippen LogP contribution in [0.3, 0.4) is 0 Å². The van der Waals surface area contributed by atoms with Crippen molar-refractivity contribution in [2.45, 2.75) is 13.5 Å². The Labute approximate surface area is 136 Å². The number of anilines is 1. The van der Waals surface area contributed by atoms with Crippen molar-refractivity contribution in [1.29, 1.82) is 0 Å². The summed E-state index contributed by atoms with van der Waals surface area (Å²) in [5, 5.41) is 4.40. The fourth-order valence-corrected chi connectivity index (χ4v) is 3.19. The lowest BCUT2D eigenvalue weighted by Crippen LogP contribution is -2.00. The molecule has 0 aliphatic rings. The lowest BCUT2D eigenvalue weighted by Gasteiger charge is -2.03. The first-order valence-electron chi connectivity index (χ1n) is 6.59. The number of aryl methyl sites for hydroxylation is 1. The van der Waals surface area contributed by atoms with Gasteiger partial charge in [-0.3, -0.25) is 0 Å². The Morgan fingerprint density at radius 1 is 1.14 bits per heavy atom. The van der Waals surface area contributed by atoms with E-state index in [1.165, 1.54) is 10.4 Å². The zero-order chi connectivity index (χ0) is 14.7. The minimum absolute atomic E-state index is 0.741. The molecule has 2 aromatic heterocycles. The van der Waals surface area contributed by atoms with Gasteiger partial charge in [-0.25, -0.2) is 9.97 Å². The van der Waals surface area contributed by atoms with E-state index in [-0.39, 0.29) is 0 Å². The lowest BCUT2D eigenvalue weighted by molar-refractivity contribution is 1.10. The molecule has 0 bridgehead atoms. The number of benzene rings is 1. The molecule has 21 heavy (non-hydrogen) atoms. The average Bonchev–Trinajstić information content (AvgIpc) is 2.89. The van der Waals surface area contributed by atoms with Crippen molar-refractivity contribution >= 4 is 33.1 Å². The molecule has 3 rings (SSSR count). The molecule has 1 N–H and O–H groups in total. The van der Waals surface area contributed by atoms with Gasteiger partial charge >= 0.3 is 0 Å². The van der Waals surface area contributed by atoms with Gasteiger partial charge in [0.25, 0.3) is 0 Å². The van der Waals surface area contributed by atoms with Crippen LogP contribution in [0.25, 0.3) is 10.6 Å². The van der Waals surface area contributed by atoms with Gasteiger partial charge in [0.2, 0.25) is 0 Å². The number of aromatic nitrogens is 2. The van der Waals surface area contributed by atoms with Gasteiger partial charge in [0.15, 0.2) is 0 Å². The van der Waals surface area contributed by atoms with Crippen molar-refractivity contribution in [3.8, 4) is 10.6 Å². The van der Waals surface area contributed by atoms with Gasteiger partial charge in [-0.2, -0.15) is 0 Å². The maximum absolute atomic E-state index is 4.66. The zero-order valence-electron chi connectivity index (χ0n) is 11.5. The molecule has 106 valence electrons. The Bertz CT molecular complexity index is 723. The summed E-state index contributed by atoms with van der Waals surface area (Å²) in [4.78, 5) is 10.2. The van der Waals surface area contributed by atoms with E-state index in [0.717, 1.165) is 27.5 Å². The summed E-state index contributed by atoms with van der Waals surface area (Å²) in [5.74, 6) is 0.868. The number of halogens is 1. The first-order valence-corrected chi connectivity index (χ1v) is 8.20. The van der Waals surface area contributed by atoms with Crippen LogP contribution in [-0.4, -0.2) is 9.97 Å². The minimum Gasteiger partial charge on any atom is -0.365 e. The van der Waals surface area contributed by atoms with E-state index in [1.807, 2.05) is 30.3 Å². The van der Waals surface area contributed by atoms with Crippen LogP contribution in [0.1, 0.15) is 10.6 Å². The van der Waals surface area contributed by atoms with Crippen molar-refractivity contribution in [3.63, 3.8) is 0 Å². The second-order valence-corrected chi connectivity index (χ2v) is 6.61. The third-order valence-electron chi connectivity index (χ3n) is 3.07. The highest BCUT2D eigenvalue weighted by molar-refractivity contribution is 9.10. The molecule has 3 nitrogen and oxygen atoms in total. The third-order valence-corrected chi connectivity index (χ3v) is 4.75. The molecule has 0 saturated carbocycles. The standard InChI is InChI=1S/C16H14BrN3S/c1-11-14(10-19-15-8-7-13(17)9-18-15)21-16(20-11)12-5-3-2-4-6-12/h2-9H,10H2,1H3,(H,18,19). The van der Waals surface area contributed by atoms with E-state index in [9.17, 15) is 0 Å². The van der Waals surface area contributed by atoms with Gasteiger partial charge in [0.1, 0.15) is 10.8 Å². The summed E-state index contributed by atoms with van der Waals surface area (Å²) in [7, 11) is 0. The first kappa shape index (κ1) is 14.2.